The largest absolute Gasteiger partial charge is 0.302 e. The van der Waals surface area contributed by atoms with Crippen LogP contribution in [-0.2, 0) is 11.2 Å². The van der Waals surface area contributed by atoms with Crippen LogP contribution in [0.5, 0.6) is 0 Å². The normalized spacial score (nSPS) is 14.3. The first kappa shape index (κ1) is 13.9. The molecule has 1 aromatic carbocycles. The summed E-state index contributed by atoms with van der Waals surface area (Å²) in [5, 5.41) is 6.46. The average molecular weight is 327 g/mol. The second kappa shape index (κ2) is 5.72. The van der Waals surface area contributed by atoms with Crippen LogP contribution in [0.1, 0.15) is 30.0 Å². The first-order chi connectivity index (χ1) is 9.61. The molecule has 0 atom stereocenters. The molecule has 0 spiro atoms. The van der Waals surface area contributed by atoms with Gasteiger partial charge in [0.2, 0.25) is 5.91 Å². The molecule has 1 fully saturated rings. The summed E-state index contributed by atoms with van der Waals surface area (Å²) < 4.78 is 0. The molecule has 1 aliphatic rings. The van der Waals surface area contributed by atoms with Crippen molar-refractivity contribution < 1.29 is 4.79 Å². The molecule has 3 nitrogen and oxygen atoms in total. The SMILES string of the molecule is O=C(Cc1ccc(Cl)c(Cl)c1)Nc1nc(C2CC2)cs1. The van der Waals surface area contributed by atoms with Gasteiger partial charge >= 0.3 is 0 Å². The Morgan fingerprint density at radius 3 is 2.85 bits per heavy atom. The zero-order chi connectivity index (χ0) is 14.1. The number of nitrogens with zero attached hydrogens (tertiary/aromatic N) is 1. The van der Waals surface area contributed by atoms with E-state index in [1.165, 1.54) is 24.2 Å². The third-order valence-electron chi connectivity index (χ3n) is 3.11. The van der Waals surface area contributed by atoms with Crippen LogP contribution in [-0.4, -0.2) is 10.9 Å². The zero-order valence-corrected chi connectivity index (χ0v) is 12.9. The number of hydrogen-bond donors (Lipinski definition) is 1. The first-order valence-electron chi connectivity index (χ1n) is 6.31. The summed E-state index contributed by atoms with van der Waals surface area (Å²) in [4.78, 5) is 16.4. The number of rotatable bonds is 4. The minimum atomic E-state index is -0.0971. The molecule has 0 saturated heterocycles. The van der Waals surface area contributed by atoms with Crippen LogP contribution in [0.2, 0.25) is 10.0 Å². The smallest absolute Gasteiger partial charge is 0.230 e. The summed E-state index contributed by atoms with van der Waals surface area (Å²) in [5.41, 5.74) is 1.93. The molecule has 0 bridgehead atoms. The van der Waals surface area contributed by atoms with E-state index in [2.05, 4.69) is 10.3 Å². The number of aromatic nitrogens is 1. The first-order valence-corrected chi connectivity index (χ1v) is 7.94. The van der Waals surface area contributed by atoms with E-state index in [4.69, 9.17) is 23.2 Å². The zero-order valence-electron chi connectivity index (χ0n) is 10.5. The molecule has 1 heterocycles. The predicted octanol–water partition coefficient (Wildman–Crippen LogP) is 4.51. The van der Waals surface area contributed by atoms with Gasteiger partial charge in [-0.1, -0.05) is 29.3 Å². The highest BCUT2D eigenvalue weighted by atomic mass is 35.5. The third kappa shape index (κ3) is 3.32. The van der Waals surface area contributed by atoms with Crippen LogP contribution in [0.3, 0.4) is 0 Å². The Labute approximate surface area is 130 Å². The number of halogens is 2. The van der Waals surface area contributed by atoms with E-state index >= 15 is 0 Å². The van der Waals surface area contributed by atoms with Crippen molar-refractivity contribution in [1.82, 2.24) is 4.98 Å². The Kier molecular flexibility index (Phi) is 3.96. The molecular formula is C14H12Cl2N2OS. The Bertz CT molecular complexity index is 652. The van der Waals surface area contributed by atoms with Crippen LogP contribution in [0.4, 0.5) is 5.13 Å². The lowest BCUT2D eigenvalue weighted by molar-refractivity contribution is -0.115. The molecule has 1 saturated carbocycles. The van der Waals surface area contributed by atoms with E-state index in [0.717, 1.165) is 11.3 Å². The van der Waals surface area contributed by atoms with Crippen LogP contribution in [0.25, 0.3) is 0 Å². The Morgan fingerprint density at radius 1 is 1.35 bits per heavy atom. The van der Waals surface area contributed by atoms with E-state index in [1.54, 1.807) is 18.2 Å². The number of anilines is 1. The number of carbonyl (C=O) groups excluding carboxylic acids is 1. The van der Waals surface area contributed by atoms with Gasteiger partial charge in [0.1, 0.15) is 0 Å². The summed E-state index contributed by atoms with van der Waals surface area (Å²) in [7, 11) is 0. The molecule has 1 aromatic heterocycles. The standard InChI is InChI=1S/C14H12Cl2N2OS/c15-10-4-1-8(5-11(10)16)6-13(19)18-14-17-12(7-20-14)9-2-3-9/h1,4-5,7,9H,2-3,6H2,(H,17,18,19). The number of carbonyl (C=O) groups is 1. The maximum atomic E-state index is 12.0. The van der Waals surface area contributed by atoms with Crippen molar-refractivity contribution in [3.8, 4) is 0 Å². The molecule has 2 aromatic rings. The Hall–Kier alpha value is -1.10. The average Bonchev–Trinajstić information content (AvgIpc) is 3.15. The van der Waals surface area contributed by atoms with Crippen molar-refractivity contribution in [3.63, 3.8) is 0 Å². The topological polar surface area (TPSA) is 42.0 Å². The van der Waals surface area contributed by atoms with Gasteiger partial charge in [0.15, 0.2) is 5.13 Å². The number of hydrogen-bond acceptors (Lipinski definition) is 3. The van der Waals surface area contributed by atoms with E-state index in [0.29, 0.717) is 21.1 Å². The van der Waals surface area contributed by atoms with Gasteiger partial charge in [0.25, 0.3) is 0 Å². The fourth-order valence-electron chi connectivity index (χ4n) is 1.91. The minimum absolute atomic E-state index is 0.0971. The summed E-state index contributed by atoms with van der Waals surface area (Å²) in [6, 6.07) is 5.20. The number of amides is 1. The molecule has 1 N–H and O–H groups in total. The molecule has 0 aliphatic heterocycles. The van der Waals surface area contributed by atoms with Gasteiger partial charge in [-0.3, -0.25) is 4.79 Å². The second-order valence-electron chi connectivity index (χ2n) is 4.83. The molecular weight excluding hydrogens is 315 g/mol. The molecule has 1 amide bonds. The van der Waals surface area contributed by atoms with Crippen LogP contribution in [0.15, 0.2) is 23.6 Å². The van der Waals surface area contributed by atoms with Crippen LogP contribution in [0, 0.1) is 0 Å². The van der Waals surface area contributed by atoms with Crippen molar-refractivity contribution in [2.75, 3.05) is 5.32 Å². The summed E-state index contributed by atoms with van der Waals surface area (Å²) in [5.74, 6) is 0.507. The van der Waals surface area contributed by atoms with Crippen molar-refractivity contribution >= 4 is 45.6 Å². The van der Waals surface area contributed by atoms with Gasteiger partial charge in [-0.05, 0) is 30.5 Å². The number of benzene rings is 1. The number of thiazole rings is 1. The summed E-state index contributed by atoms with van der Waals surface area (Å²) >= 11 is 13.2. The lowest BCUT2D eigenvalue weighted by Crippen LogP contribution is -2.14. The summed E-state index contributed by atoms with van der Waals surface area (Å²) in [6.07, 6.45) is 2.68. The van der Waals surface area contributed by atoms with Crippen molar-refractivity contribution in [3.05, 3.63) is 44.9 Å². The lowest BCUT2D eigenvalue weighted by Gasteiger charge is -2.03. The molecule has 20 heavy (non-hydrogen) atoms. The molecule has 1 aliphatic carbocycles. The van der Waals surface area contributed by atoms with E-state index in [-0.39, 0.29) is 12.3 Å². The van der Waals surface area contributed by atoms with Gasteiger partial charge in [0, 0.05) is 11.3 Å². The van der Waals surface area contributed by atoms with Crippen LogP contribution < -0.4 is 5.32 Å². The highest BCUT2D eigenvalue weighted by molar-refractivity contribution is 7.13. The molecule has 0 unspecified atom stereocenters. The maximum Gasteiger partial charge on any atom is 0.230 e. The third-order valence-corrected chi connectivity index (χ3v) is 4.63. The second-order valence-corrected chi connectivity index (χ2v) is 6.50. The fraction of sp³-hybridized carbons (Fsp3) is 0.286. The van der Waals surface area contributed by atoms with Crippen molar-refractivity contribution in [2.45, 2.75) is 25.2 Å². The van der Waals surface area contributed by atoms with Crippen LogP contribution >= 0.6 is 34.5 Å². The van der Waals surface area contributed by atoms with Gasteiger partial charge in [-0.15, -0.1) is 11.3 Å². The van der Waals surface area contributed by atoms with Gasteiger partial charge in [0.05, 0.1) is 22.2 Å². The molecule has 6 heteroatoms. The monoisotopic (exact) mass is 326 g/mol. The number of nitrogens with one attached hydrogen (secondary N) is 1. The molecule has 3 rings (SSSR count). The summed E-state index contributed by atoms with van der Waals surface area (Å²) in [6.45, 7) is 0. The maximum absolute atomic E-state index is 12.0. The Balaban J connectivity index is 1.61. The fourth-order valence-corrected chi connectivity index (χ4v) is 3.04. The van der Waals surface area contributed by atoms with Gasteiger partial charge in [-0.25, -0.2) is 4.98 Å². The molecule has 104 valence electrons. The lowest BCUT2D eigenvalue weighted by atomic mass is 10.1. The van der Waals surface area contributed by atoms with E-state index < -0.39 is 0 Å². The highest BCUT2D eigenvalue weighted by Crippen LogP contribution is 2.40. The van der Waals surface area contributed by atoms with E-state index in [1.807, 2.05) is 5.38 Å². The predicted molar refractivity (Wildman–Crippen MR) is 82.9 cm³/mol. The quantitative estimate of drug-likeness (QED) is 0.898. The highest BCUT2D eigenvalue weighted by Gasteiger charge is 2.26. The van der Waals surface area contributed by atoms with Crippen molar-refractivity contribution in [2.24, 2.45) is 0 Å². The van der Waals surface area contributed by atoms with E-state index in [9.17, 15) is 4.79 Å². The van der Waals surface area contributed by atoms with Gasteiger partial charge in [-0.2, -0.15) is 0 Å². The minimum Gasteiger partial charge on any atom is -0.302 e. The van der Waals surface area contributed by atoms with Crippen molar-refractivity contribution in [1.29, 1.82) is 0 Å². The molecule has 0 radical (unpaired) electrons. The van der Waals surface area contributed by atoms with Gasteiger partial charge < -0.3 is 5.32 Å². The Morgan fingerprint density at radius 2 is 2.15 bits per heavy atom.